The molecule has 2 amide bonds. The first-order valence-electron chi connectivity index (χ1n) is 18.7. The van der Waals surface area contributed by atoms with Crippen LogP contribution in [0.4, 0.5) is 5.95 Å². The van der Waals surface area contributed by atoms with Crippen molar-refractivity contribution in [3.63, 3.8) is 0 Å². The molecule has 14 heteroatoms. The van der Waals surface area contributed by atoms with Gasteiger partial charge in [-0.1, -0.05) is 6.07 Å². The number of hydrogen-bond acceptors (Lipinski definition) is 10. The first-order valence-corrected chi connectivity index (χ1v) is 18.7. The van der Waals surface area contributed by atoms with Gasteiger partial charge in [-0.2, -0.15) is 4.98 Å². The quantitative estimate of drug-likeness (QED) is 0.157. The Bertz CT molecular complexity index is 1950. The normalized spacial score (nSPS) is 24.4. The average molecular weight is 699 g/mol. The van der Waals surface area contributed by atoms with Crippen LogP contribution < -0.4 is 16.7 Å². The van der Waals surface area contributed by atoms with Gasteiger partial charge in [0.15, 0.2) is 0 Å². The van der Waals surface area contributed by atoms with Crippen LogP contribution in [-0.4, -0.2) is 116 Å². The number of nitrogens with two attached hydrogens (primary N) is 1. The second kappa shape index (κ2) is 14.5. The van der Waals surface area contributed by atoms with Gasteiger partial charge in [0.25, 0.3) is 0 Å². The number of likely N-dealkylation sites (tertiary alicyclic amines) is 1. The summed E-state index contributed by atoms with van der Waals surface area (Å²) in [5.41, 5.74) is 10.4. The zero-order valence-electron chi connectivity index (χ0n) is 29.6. The summed E-state index contributed by atoms with van der Waals surface area (Å²) >= 11 is 0. The highest BCUT2D eigenvalue weighted by Gasteiger charge is 2.32. The SMILES string of the molecule is Cn1c(=O)n(C2CCC(=O)NC2=O)c2ccc(CN3CC(OCCCN4CCN(CC5CCC(c6c[nH]c7nc(N)ncc67)CC5)CC4)C3)cc21. The number of aromatic amines is 1. The molecular formula is C37H50N10O4. The third-order valence-electron chi connectivity index (χ3n) is 11.7. The smallest absolute Gasteiger partial charge is 0.329 e. The number of aromatic nitrogens is 5. The average Bonchev–Trinajstić information content (AvgIpc) is 3.63. The van der Waals surface area contributed by atoms with Crippen LogP contribution in [0, 0.1) is 5.92 Å². The van der Waals surface area contributed by atoms with Crippen molar-refractivity contribution in [1.82, 2.24) is 44.1 Å². The summed E-state index contributed by atoms with van der Waals surface area (Å²) in [6, 6.07) is 5.33. The van der Waals surface area contributed by atoms with E-state index in [0.29, 0.717) is 18.3 Å². The van der Waals surface area contributed by atoms with E-state index in [4.69, 9.17) is 10.5 Å². The number of nitrogens with zero attached hydrogens (tertiary/aromatic N) is 7. The van der Waals surface area contributed by atoms with E-state index in [2.05, 4.69) is 41.2 Å². The van der Waals surface area contributed by atoms with Gasteiger partial charge in [-0.05, 0) is 73.6 Å². The summed E-state index contributed by atoms with van der Waals surface area (Å²) in [5.74, 6) is 0.975. The lowest BCUT2D eigenvalue weighted by Crippen LogP contribution is -2.51. The summed E-state index contributed by atoms with van der Waals surface area (Å²) in [5, 5.41) is 3.49. The molecule has 14 nitrogen and oxygen atoms in total. The predicted molar refractivity (Wildman–Crippen MR) is 194 cm³/mol. The van der Waals surface area contributed by atoms with Gasteiger partial charge < -0.3 is 25.3 Å². The van der Waals surface area contributed by atoms with E-state index in [0.717, 1.165) is 98.9 Å². The number of imide groups is 1. The number of benzene rings is 1. The summed E-state index contributed by atoms with van der Waals surface area (Å²) < 4.78 is 9.34. The lowest BCUT2D eigenvalue weighted by Gasteiger charge is -2.39. The fraction of sp³-hybridized carbons (Fsp3) is 0.595. The number of hydrogen-bond donors (Lipinski definition) is 3. The standard InChI is InChI=1S/C37H50N10O4/c1-43-32-17-25(5-8-30(32)47(37(43)50)31-9-10-33(48)41-35(31)49)21-46-22-27(23-46)51-16-2-11-44-12-14-45(15-13-44)20-24-3-6-26(7-4-24)28-18-39-34-29(28)19-40-36(38)42-34/h5,8,17-19,24,26-27,31H,2-4,6-7,9-16,20-23H2,1H3,(H,41,48,49)(H3,38,39,40,42). The second-order valence-electron chi connectivity index (χ2n) is 15.1. The number of piperazine rings is 1. The molecule has 3 aliphatic heterocycles. The third-order valence-corrected chi connectivity index (χ3v) is 11.7. The van der Waals surface area contributed by atoms with Gasteiger partial charge in [0.2, 0.25) is 17.8 Å². The molecule has 3 aromatic heterocycles. The number of carbonyl (C=O) groups excluding carboxylic acids is 2. The highest BCUT2D eigenvalue weighted by atomic mass is 16.5. The van der Waals surface area contributed by atoms with E-state index in [1.807, 2.05) is 24.4 Å². The Balaban J connectivity index is 0.711. The van der Waals surface area contributed by atoms with Crippen LogP contribution in [0.15, 0.2) is 35.4 Å². The summed E-state index contributed by atoms with van der Waals surface area (Å²) in [7, 11) is 1.73. The number of piperidine rings is 1. The van der Waals surface area contributed by atoms with Gasteiger partial charge in [-0.15, -0.1) is 0 Å². The Labute approximate surface area is 297 Å². The van der Waals surface area contributed by atoms with E-state index in [1.165, 1.54) is 42.4 Å². The van der Waals surface area contributed by atoms with E-state index >= 15 is 0 Å². The number of H-pyrrole nitrogens is 1. The lowest BCUT2D eigenvalue weighted by molar-refractivity contribution is -0.135. The predicted octanol–water partition coefficient (Wildman–Crippen LogP) is 2.35. The fourth-order valence-corrected chi connectivity index (χ4v) is 8.79. The van der Waals surface area contributed by atoms with Crippen molar-refractivity contribution >= 4 is 39.8 Å². The summed E-state index contributed by atoms with van der Waals surface area (Å²) in [6.07, 6.45) is 10.9. The zero-order chi connectivity index (χ0) is 35.1. The fourth-order valence-electron chi connectivity index (χ4n) is 8.79. The molecule has 51 heavy (non-hydrogen) atoms. The molecule has 1 aliphatic carbocycles. The number of imidazole rings is 1. The van der Waals surface area contributed by atoms with Crippen LogP contribution in [0.25, 0.3) is 22.1 Å². The van der Waals surface area contributed by atoms with E-state index in [1.54, 1.807) is 11.6 Å². The number of rotatable bonds is 11. The topological polar surface area (TPSA) is 160 Å². The molecule has 4 aromatic rings. The number of ether oxygens (including phenoxy) is 1. The van der Waals surface area contributed by atoms with Crippen LogP contribution in [0.3, 0.4) is 0 Å². The van der Waals surface area contributed by atoms with Crippen LogP contribution in [-0.2, 0) is 27.9 Å². The molecule has 4 fully saturated rings. The molecule has 1 saturated carbocycles. The van der Waals surface area contributed by atoms with Crippen molar-refractivity contribution in [2.24, 2.45) is 13.0 Å². The van der Waals surface area contributed by atoms with E-state index < -0.39 is 11.9 Å². The van der Waals surface area contributed by atoms with Gasteiger partial charge in [-0.25, -0.2) is 9.78 Å². The molecule has 4 aliphatic rings. The number of aryl methyl sites for hydroxylation is 1. The number of nitrogens with one attached hydrogen (secondary N) is 2. The van der Waals surface area contributed by atoms with Crippen LogP contribution in [0.2, 0.25) is 0 Å². The summed E-state index contributed by atoms with van der Waals surface area (Å²) in [4.78, 5) is 56.6. The molecule has 0 spiro atoms. The molecule has 272 valence electrons. The molecule has 0 radical (unpaired) electrons. The minimum absolute atomic E-state index is 0.234. The maximum Gasteiger partial charge on any atom is 0.329 e. The van der Waals surface area contributed by atoms with Crippen LogP contribution in [0.5, 0.6) is 0 Å². The maximum atomic E-state index is 13.1. The molecule has 1 unspecified atom stereocenters. The van der Waals surface area contributed by atoms with Gasteiger partial charge >= 0.3 is 5.69 Å². The molecule has 1 atom stereocenters. The van der Waals surface area contributed by atoms with Crippen molar-refractivity contribution in [3.8, 4) is 0 Å². The van der Waals surface area contributed by atoms with Gasteiger partial charge in [0, 0.05) is 96.8 Å². The molecule has 4 N–H and O–H groups in total. The number of carbonyl (C=O) groups is 2. The van der Waals surface area contributed by atoms with Crippen molar-refractivity contribution < 1.29 is 14.3 Å². The first kappa shape index (κ1) is 34.0. The van der Waals surface area contributed by atoms with E-state index in [9.17, 15) is 14.4 Å². The van der Waals surface area contributed by atoms with Crippen molar-refractivity contribution in [2.45, 2.75) is 69.6 Å². The highest BCUT2D eigenvalue weighted by molar-refractivity contribution is 6.00. The number of anilines is 1. The van der Waals surface area contributed by atoms with Gasteiger partial charge in [-0.3, -0.25) is 28.9 Å². The van der Waals surface area contributed by atoms with Crippen molar-refractivity contribution in [2.75, 3.05) is 64.7 Å². The van der Waals surface area contributed by atoms with Crippen molar-refractivity contribution in [3.05, 3.63) is 52.2 Å². The number of nitrogen functional groups attached to an aromatic ring is 1. The number of amides is 2. The molecule has 1 aromatic carbocycles. The zero-order valence-corrected chi connectivity index (χ0v) is 29.6. The van der Waals surface area contributed by atoms with Crippen molar-refractivity contribution in [1.29, 1.82) is 0 Å². The lowest BCUT2D eigenvalue weighted by atomic mass is 9.78. The third kappa shape index (κ3) is 7.19. The number of fused-ring (bicyclic) bond motifs is 2. The Morgan fingerprint density at radius 3 is 2.53 bits per heavy atom. The Morgan fingerprint density at radius 1 is 0.961 bits per heavy atom. The highest BCUT2D eigenvalue weighted by Crippen LogP contribution is 2.38. The van der Waals surface area contributed by atoms with E-state index in [-0.39, 0.29) is 24.1 Å². The molecule has 3 saturated heterocycles. The molecule has 6 heterocycles. The Morgan fingerprint density at radius 2 is 1.75 bits per heavy atom. The van der Waals surface area contributed by atoms with Gasteiger partial charge in [0.05, 0.1) is 17.1 Å². The Kier molecular flexibility index (Phi) is 9.66. The largest absolute Gasteiger partial charge is 0.376 e. The van der Waals surface area contributed by atoms with Gasteiger partial charge in [0.1, 0.15) is 11.7 Å². The van der Waals surface area contributed by atoms with Crippen LogP contribution in [0.1, 0.15) is 68.0 Å². The summed E-state index contributed by atoms with van der Waals surface area (Å²) in [6.45, 7) is 10.3. The monoisotopic (exact) mass is 698 g/mol. The van der Waals surface area contributed by atoms with Crippen LogP contribution >= 0.6 is 0 Å². The molecule has 8 rings (SSSR count). The Hall–Kier alpha value is -4.11. The minimum atomic E-state index is -0.667. The second-order valence-corrected chi connectivity index (χ2v) is 15.1. The maximum absolute atomic E-state index is 13.1. The molecule has 0 bridgehead atoms. The minimum Gasteiger partial charge on any atom is -0.376 e. The first-order chi connectivity index (χ1) is 24.8. The molecular weight excluding hydrogens is 648 g/mol.